The van der Waals surface area contributed by atoms with Gasteiger partial charge in [0.05, 0.1) is 6.10 Å². The number of rotatable bonds is 5. The molecule has 1 aromatic heterocycles. The predicted molar refractivity (Wildman–Crippen MR) is 94.7 cm³/mol. The Labute approximate surface area is 141 Å². The van der Waals surface area contributed by atoms with Gasteiger partial charge in [-0.05, 0) is 58.8 Å². The van der Waals surface area contributed by atoms with Crippen LogP contribution in [0.25, 0.3) is 11.1 Å². The van der Waals surface area contributed by atoms with Crippen molar-refractivity contribution in [2.24, 2.45) is 5.92 Å². The molecule has 3 nitrogen and oxygen atoms in total. The molecule has 1 aliphatic rings. The minimum atomic E-state index is -0.427. The zero-order valence-corrected chi connectivity index (χ0v) is 14.0. The quantitative estimate of drug-likeness (QED) is 0.868. The fraction of sp³-hybridized carbons (Fsp3) is 0.421. The number of thiophene rings is 1. The van der Waals surface area contributed by atoms with Crippen molar-refractivity contribution >= 4 is 17.2 Å². The third-order valence-corrected chi connectivity index (χ3v) is 5.35. The van der Waals surface area contributed by atoms with E-state index >= 15 is 0 Å². The minimum Gasteiger partial charge on any atom is -0.391 e. The van der Waals surface area contributed by atoms with Crippen molar-refractivity contribution in [3.8, 4) is 11.1 Å². The summed E-state index contributed by atoms with van der Waals surface area (Å²) in [6.45, 7) is 0.343. The molecule has 1 fully saturated rings. The summed E-state index contributed by atoms with van der Waals surface area (Å²) in [6, 6.07) is 9.69. The number of carbonyl (C=O) groups excluding carboxylic acids is 1. The molecule has 0 saturated heterocycles. The normalized spacial score (nSPS) is 16.9. The van der Waals surface area contributed by atoms with Crippen molar-refractivity contribution in [1.29, 1.82) is 0 Å². The lowest BCUT2D eigenvalue weighted by molar-refractivity contribution is 0.0738. The number of hydrogen-bond donors (Lipinski definition) is 2. The van der Waals surface area contributed by atoms with E-state index in [9.17, 15) is 9.90 Å². The zero-order valence-electron chi connectivity index (χ0n) is 13.2. The summed E-state index contributed by atoms with van der Waals surface area (Å²) in [5.74, 6) is 0.224. The minimum absolute atomic E-state index is 0.114. The lowest BCUT2D eigenvalue weighted by Crippen LogP contribution is -2.37. The van der Waals surface area contributed by atoms with Crippen LogP contribution in [0.2, 0.25) is 0 Å². The highest BCUT2D eigenvalue weighted by atomic mass is 32.1. The number of aliphatic hydroxyl groups is 1. The number of nitrogens with one attached hydrogen (secondary N) is 1. The van der Waals surface area contributed by atoms with Crippen LogP contribution in [0.3, 0.4) is 0 Å². The molecular weight excluding hydrogens is 306 g/mol. The Morgan fingerprint density at radius 2 is 1.87 bits per heavy atom. The topological polar surface area (TPSA) is 49.3 Å². The van der Waals surface area contributed by atoms with Crippen LogP contribution < -0.4 is 5.32 Å². The number of amides is 1. The van der Waals surface area contributed by atoms with E-state index in [1.165, 1.54) is 24.8 Å². The smallest absolute Gasteiger partial charge is 0.251 e. The van der Waals surface area contributed by atoms with E-state index in [1.54, 1.807) is 11.3 Å². The van der Waals surface area contributed by atoms with Gasteiger partial charge in [-0.25, -0.2) is 0 Å². The first-order valence-corrected chi connectivity index (χ1v) is 9.27. The van der Waals surface area contributed by atoms with Crippen LogP contribution in [0, 0.1) is 5.92 Å². The van der Waals surface area contributed by atoms with E-state index in [0.717, 1.165) is 18.4 Å². The average Bonchev–Trinajstić information content (AvgIpc) is 3.15. The van der Waals surface area contributed by atoms with Crippen molar-refractivity contribution in [3.05, 3.63) is 46.7 Å². The van der Waals surface area contributed by atoms with Gasteiger partial charge in [0.1, 0.15) is 0 Å². The van der Waals surface area contributed by atoms with Gasteiger partial charge < -0.3 is 10.4 Å². The van der Waals surface area contributed by atoms with Crippen molar-refractivity contribution in [1.82, 2.24) is 5.32 Å². The van der Waals surface area contributed by atoms with Gasteiger partial charge in [-0.3, -0.25) is 4.79 Å². The molecule has 0 bridgehead atoms. The Hall–Kier alpha value is -1.65. The highest BCUT2D eigenvalue weighted by Gasteiger charge is 2.22. The number of benzene rings is 1. The van der Waals surface area contributed by atoms with E-state index < -0.39 is 6.10 Å². The molecule has 0 aliphatic heterocycles. The maximum absolute atomic E-state index is 12.2. The van der Waals surface area contributed by atoms with Gasteiger partial charge >= 0.3 is 0 Å². The van der Waals surface area contributed by atoms with Gasteiger partial charge in [0.2, 0.25) is 0 Å². The lowest BCUT2D eigenvalue weighted by Gasteiger charge is -2.26. The Kier molecular flexibility index (Phi) is 5.47. The fourth-order valence-corrected chi connectivity index (χ4v) is 3.89. The van der Waals surface area contributed by atoms with Crippen molar-refractivity contribution < 1.29 is 9.90 Å². The van der Waals surface area contributed by atoms with Crippen LogP contribution >= 0.6 is 11.3 Å². The Morgan fingerprint density at radius 1 is 1.13 bits per heavy atom. The maximum Gasteiger partial charge on any atom is 0.251 e. The number of aliphatic hydroxyl groups excluding tert-OH is 1. The molecule has 0 unspecified atom stereocenters. The van der Waals surface area contributed by atoms with E-state index in [1.807, 2.05) is 29.6 Å². The second-order valence-corrected chi connectivity index (χ2v) is 7.04. The van der Waals surface area contributed by atoms with Crippen molar-refractivity contribution in [3.63, 3.8) is 0 Å². The second-order valence-electron chi connectivity index (χ2n) is 6.26. The number of carbonyl (C=O) groups is 1. The summed E-state index contributed by atoms with van der Waals surface area (Å²) < 4.78 is 0. The van der Waals surface area contributed by atoms with Gasteiger partial charge in [-0.15, -0.1) is 0 Å². The molecule has 0 radical (unpaired) electrons. The molecule has 122 valence electrons. The molecule has 1 heterocycles. The molecule has 1 saturated carbocycles. The molecule has 1 atom stereocenters. The summed E-state index contributed by atoms with van der Waals surface area (Å²) in [7, 11) is 0. The van der Waals surface area contributed by atoms with Crippen LogP contribution in [0.15, 0.2) is 41.1 Å². The number of hydrogen-bond acceptors (Lipinski definition) is 3. The summed E-state index contributed by atoms with van der Waals surface area (Å²) in [5, 5.41) is 17.2. The van der Waals surface area contributed by atoms with Gasteiger partial charge in [-0.1, -0.05) is 31.4 Å². The monoisotopic (exact) mass is 329 g/mol. The molecule has 2 N–H and O–H groups in total. The largest absolute Gasteiger partial charge is 0.391 e. The molecule has 1 aliphatic carbocycles. The third-order valence-electron chi connectivity index (χ3n) is 4.67. The van der Waals surface area contributed by atoms with Crippen molar-refractivity contribution in [2.75, 3.05) is 6.54 Å². The molecule has 1 amide bonds. The Bertz CT molecular complexity index is 615. The first-order chi connectivity index (χ1) is 11.2. The van der Waals surface area contributed by atoms with Gasteiger partial charge in [0, 0.05) is 12.1 Å². The molecule has 2 aromatic rings. The van der Waals surface area contributed by atoms with Crippen molar-refractivity contribution in [2.45, 2.75) is 38.2 Å². The second kappa shape index (κ2) is 7.75. The summed E-state index contributed by atoms with van der Waals surface area (Å²) in [5.41, 5.74) is 2.93. The predicted octanol–water partition coefficient (Wildman–Crippen LogP) is 4.09. The van der Waals surface area contributed by atoms with E-state index in [0.29, 0.717) is 18.0 Å². The summed E-state index contributed by atoms with van der Waals surface area (Å²) in [4.78, 5) is 12.2. The molecule has 0 spiro atoms. The van der Waals surface area contributed by atoms with Crippen LogP contribution in [-0.2, 0) is 0 Å². The molecule has 4 heteroatoms. The maximum atomic E-state index is 12.2. The summed E-state index contributed by atoms with van der Waals surface area (Å²) in [6.07, 6.45) is 5.38. The zero-order chi connectivity index (χ0) is 16.1. The first kappa shape index (κ1) is 16.2. The standard InChI is InChI=1S/C19H23NO2S/c21-18(15-4-2-1-3-5-15)12-20-19(22)16-8-6-14(7-9-16)17-10-11-23-13-17/h6-11,13,15,18,21H,1-5,12H2,(H,20,22)/t18-/m0/s1. The lowest BCUT2D eigenvalue weighted by atomic mass is 9.85. The Morgan fingerprint density at radius 3 is 2.52 bits per heavy atom. The fourth-order valence-electron chi connectivity index (χ4n) is 3.23. The van der Waals surface area contributed by atoms with Crippen LogP contribution in [0.5, 0.6) is 0 Å². The highest BCUT2D eigenvalue weighted by Crippen LogP contribution is 2.26. The molecular formula is C19H23NO2S. The highest BCUT2D eigenvalue weighted by molar-refractivity contribution is 7.08. The van der Waals surface area contributed by atoms with E-state index in [-0.39, 0.29) is 5.91 Å². The molecule has 3 rings (SSSR count). The van der Waals surface area contributed by atoms with Crippen LogP contribution in [-0.4, -0.2) is 23.7 Å². The van der Waals surface area contributed by atoms with Gasteiger partial charge in [-0.2, -0.15) is 11.3 Å². The van der Waals surface area contributed by atoms with Crippen LogP contribution in [0.1, 0.15) is 42.5 Å². The first-order valence-electron chi connectivity index (χ1n) is 8.33. The molecule has 1 aromatic carbocycles. The van der Waals surface area contributed by atoms with E-state index in [2.05, 4.69) is 16.8 Å². The van der Waals surface area contributed by atoms with E-state index in [4.69, 9.17) is 0 Å². The van der Waals surface area contributed by atoms with Crippen LogP contribution in [0.4, 0.5) is 0 Å². The average molecular weight is 329 g/mol. The summed E-state index contributed by atoms with van der Waals surface area (Å²) >= 11 is 1.66. The Balaban J connectivity index is 1.53. The van der Waals surface area contributed by atoms with Gasteiger partial charge in [0.15, 0.2) is 0 Å². The third kappa shape index (κ3) is 4.21. The van der Waals surface area contributed by atoms with Gasteiger partial charge in [0.25, 0.3) is 5.91 Å². The molecule has 23 heavy (non-hydrogen) atoms. The SMILES string of the molecule is O=C(NC[C@H](O)C1CCCCC1)c1ccc(-c2ccsc2)cc1.